The molecule has 3 aliphatic heterocycles. The van der Waals surface area contributed by atoms with E-state index < -0.39 is 6.10 Å². The van der Waals surface area contributed by atoms with E-state index in [-0.39, 0.29) is 5.54 Å². The Morgan fingerprint density at radius 1 is 1.16 bits per heavy atom. The summed E-state index contributed by atoms with van der Waals surface area (Å²) in [6.07, 6.45) is 5.98. The Morgan fingerprint density at radius 2 is 1.95 bits per heavy atom. The third-order valence-corrected chi connectivity index (χ3v) is 9.25. The molecule has 0 amide bonds. The van der Waals surface area contributed by atoms with Gasteiger partial charge < -0.3 is 29.6 Å². The molecule has 4 fully saturated rings. The number of aryl methyl sites for hydroxylation is 1. The minimum atomic E-state index is -0.411. The van der Waals surface area contributed by atoms with Crippen molar-refractivity contribution in [2.75, 3.05) is 63.3 Å². The van der Waals surface area contributed by atoms with E-state index in [1.807, 2.05) is 13.2 Å². The first kappa shape index (κ1) is 26.4. The van der Waals surface area contributed by atoms with Gasteiger partial charge in [0, 0.05) is 69.1 Å². The standard InChI is InChI=1S/C21H30N4O2.C8H12O2/c1-14-7-17-10-23-20(22-4)9-16(17)8-18(14)25-6-5-24(11-15(25)2)21(3)13-27-12-19(21)26;9-6-7-5-8(7)1-3-10-4-2-8/h7-10,15,19,26H,5-6,11-13H2,1-4H3,(H,22,23);6-7H,1-5H2. The number of aromatic nitrogens is 1. The van der Waals surface area contributed by atoms with E-state index in [9.17, 15) is 9.90 Å². The normalized spacial score (nSPS) is 31.2. The van der Waals surface area contributed by atoms with Gasteiger partial charge in [-0.15, -0.1) is 0 Å². The molecule has 6 rings (SSSR count). The van der Waals surface area contributed by atoms with Gasteiger partial charge >= 0.3 is 0 Å². The molecule has 3 saturated heterocycles. The number of aldehydes is 1. The van der Waals surface area contributed by atoms with Crippen molar-refractivity contribution in [3.63, 3.8) is 0 Å². The van der Waals surface area contributed by atoms with Gasteiger partial charge in [-0.1, -0.05) is 0 Å². The molecule has 1 aromatic heterocycles. The maximum absolute atomic E-state index is 10.4. The van der Waals surface area contributed by atoms with E-state index in [4.69, 9.17) is 9.47 Å². The lowest BCUT2D eigenvalue weighted by molar-refractivity contribution is -0.110. The van der Waals surface area contributed by atoms with Crippen LogP contribution in [0.25, 0.3) is 10.8 Å². The molecule has 1 aliphatic carbocycles. The average Bonchev–Trinajstić information content (AvgIpc) is 3.47. The fraction of sp³-hybridized carbons (Fsp3) is 0.655. The summed E-state index contributed by atoms with van der Waals surface area (Å²) in [4.78, 5) is 19.7. The largest absolute Gasteiger partial charge is 0.389 e. The highest BCUT2D eigenvalue weighted by Gasteiger charge is 2.54. The minimum absolute atomic E-state index is 0.272. The lowest BCUT2D eigenvalue weighted by Gasteiger charge is -2.48. The van der Waals surface area contributed by atoms with Crippen molar-refractivity contribution in [1.29, 1.82) is 0 Å². The molecule has 0 bridgehead atoms. The van der Waals surface area contributed by atoms with Crippen LogP contribution >= 0.6 is 0 Å². The summed E-state index contributed by atoms with van der Waals surface area (Å²) in [7, 11) is 1.90. The number of hydrogen-bond donors (Lipinski definition) is 2. The molecule has 4 unspecified atom stereocenters. The van der Waals surface area contributed by atoms with Gasteiger partial charge in [0.25, 0.3) is 0 Å². The first-order valence-corrected chi connectivity index (χ1v) is 13.7. The Hall–Kier alpha value is -2.26. The molecular formula is C29H42N4O4. The van der Waals surface area contributed by atoms with E-state index >= 15 is 0 Å². The number of piperazine rings is 1. The van der Waals surface area contributed by atoms with Crippen molar-refractivity contribution in [3.8, 4) is 0 Å². The quantitative estimate of drug-likeness (QED) is 0.607. The maximum atomic E-state index is 10.4. The smallest absolute Gasteiger partial charge is 0.126 e. The van der Waals surface area contributed by atoms with Crippen LogP contribution in [-0.4, -0.2) is 92.1 Å². The van der Waals surface area contributed by atoms with Crippen LogP contribution in [0.1, 0.15) is 38.7 Å². The van der Waals surface area contributed by atoms with Crippen LogP contribution in [-0.2, 0) is 14.3 Å². The van der Waals surface area contributed by atoms with Gasteiger partial charge in [-0.05, 0) is 74.6 Å². The highest BCUT2D eigenvalue weighted by Crippen LogP contribution is 2.57. The van der Waals surface area contributed by atoms with E-state index in [0.717, 1.165) is 64.2 Å². The molecule has 1 aromatic carbocycles. The first-order valence-electron chi connectivity index (χ1n) is 13.7. The van der Waals surface area contributed by atoms with Gasteiger partial charge in [0.05, 0.1) is 24.9 Å². The molecule has 4 atom stereocenters. The number of carbonyl (C=O) groups excluding carboxylic acids is 1. The number of anilines is 2. The zero-order chi connectivity index (χ0) is 26.2. The SMILES string of the molecule is CNc1cc2cc(N3CCN(C4(C)COCC4O)CC3C)c(C)cc2cn1.O=CC1CC12CCOCC2. The fourth-order valence-electron chi connectivity index (χ4n) is 6.40. The van der Waals surface area contributed by atoms with Crippen LogP contribution in [0.2, 0.25) is 0 Å². The molecule has 0 radical (unpaired) electrons. The van der Waals surface area contributed by atoms with Crippen LogP contribution in [0, 0.1) is 18.3 Å². The zero-order valence-corrected chi connectivity index (χ0v) is 22.7. The molecule has 1 saturated carbocycles. The number of nitrogens with one attached hydrogen (secondary N) is 1. The van der Waals surface area contributed by atoms with Gasteiger partial charge in [0.1, 0.15) is 12.1 Å². The Bertz CT molecular complexity index is 1120. The monoisotopic (exact) mass is 510 g/mol. The molecule has 8 nitrogen and oxygen atoms in total. The highest BCUT2D eigenvalue weighted by molar-refractivity contribution is 5.88. The Balaban J connectivity index is 0.000000233. The molecule has 4 aliphatic rings. The van der Waals surface area contributed by atoms with Gasteiger partial charge in [0.15, 0.2) is 0 Å². The van der Waals surface area contributed by atoms with Crippen molar-refractivity contribution in [2.45, 2.75) is 57.7 Å². The summed E-state index contributed by atoms with van der Waals surface area (Å²) in [5.74, 6) is 1.26. The van der Waals surface area contributed by atoms with E-state index in [0.29, 0.717) is 30.6 Å². The summed E-state index contributed by atoms with van der Waals surface area (Å²) < 4.78 is 10.8. The second kappa shape index (κ2) is 10.5. The summed E-state index contributed by atoms with van der Waals surface area (Å²) in [5.41, 5.74) is 2.69. The molecular weight excluding hydrogens is 468 g/mol. The predicted molar refractivity (Wildman–Crippen MR) is 146 cm³/mol. The Labute approximate surface area is 220 Å². The third kappa shape index (κ3) is 5.09. The molecule has 2 N–H and O–H groups in total. The fourth-order valence-corrected chi connectivity index (χ4v) is 6.40. The lowest BCUT2D eigenvalue weighted by atomic mass is 9.93. The van der Waals surface area contributed by atoms with Gasteiger partial charge in [-0.2, -0.15) is 0 Å². The molecule has 8 heteroatoms. The Morgan fingerprint density at radius 3 is 2.57 bits per heavy atom. The number of nitrogens with zero attached hydrogens (tertiary/aromatic N) is 3. The molecule has 1 spiro atoms. The molecule has 2 aromatic rings. The summed E-state index contributed by atoms with van der Waals surface area (Å²) in [6.45, 7) is 12.1. The lowest BCUT2D eigenvalue weighted by Crippen LogP contribution is -2.63. The second-order valence-electron chi connectivity index (χ2n) is 11.6. The molecule has 4 heterocycles. The van der Waals surface area contributed by atoms with Crippen LogP contribution in [0.5, 0.6) is 0 Å². The van der Waals surface area contributed by atoms with Crippen molar-refractivity contribution in [2.24, 2.45) is 11.3 Å². The number of carbonyl (C=O) groups is 1. The molecule has 37 heavy (non-hydrogen) atoms. The summed E-state index contributed by atoms with van der Waals surface area (Å²) in [5, 5.41) is 15.9. The molecule has 202 valence electrons. The second-order valence-corrected chi connectivity index (χ2v) is 11.6. The Kier molecular flexibility index (Phi) is 7.47. The van der Waals surface area contributed by atoms with E-state index in [1.54, 1.807) is 0 Å². The van der Waals surface area contributed by atoms with E-state index in [2.05, 4.69) is 59.1 Å². The van der Waals surface area contributed by atoms with Crippen molar-refractivity contribution in [1.82, 2.24) is 9.88 Å². The zero-order valence-electron chi connectivity index (χ0n) is 22.7. The number of ether oxygens (including phenoxy) is 2. The number of pyridine rings is 1. The number of aliphatic hydroxyl groups excluding tert-OH is 1. The van der Waals surface area contributed by atoms with Crippen molar-refractivity contribution >= 4 is 28.6 Å². The van der Waals surface area contributed by atoms with Crippen molar-refractivity contribution < 1.29 is 19.4 Å². The van der Waals surface area contributed by atoms with Crippen LogP contribution < -0.4 is 10.2 Å². The number of hydrogen-bond acceptors (Lipinski definition) is 8. The summed E-state index contributed by atoms with van der Waals surface area (Å²) >= 11 is 0. The number of aliphatic hydroxyl groups is 1. The third-order valence-electron chi connectivity index (χ3n) is 9.25. The van der Waals surface area contributed by atoms with Gasteiger partial charge in [-0.25, -0.2) is 4.98 Å². The van der Waals surface area contributed by atoms with Gasteiger partial charge in [-0.3, -0.25) is 4.90 Å². The maximum Gasteiger partial charge on any atom is 0.126 e. The van der Waals surface area contributed by atoms with E-state index in [1.165, 1.54) is 22.0 Å². The first-order chi connectivity index (χ1) is 17.8. The van der Waals surface area contributed by atoms with Crippen LogP contribution in [0.15, 0.2) is 24.4 Å². The van der Waals surface area contributed by atoms with Crippen molar-refractivity contribution in [3.05, 3.63) is 30.0 Å². The summed E-state index contributed by atoms with van der Waals surface area (Å²) in [6, 6.07) is 6.98. The van der Waals surface area contributed by atoms with Gasteiger partial charge in [0.2, 0.25) is 0 Å². The van der Waals surface area contributed by atoms with Crippen LogP contribution in [0.4, 0.5) is 11.5 Å². The number of fused-ring (bicyclic) bond motifs is 1. The number of benzene rings is 1. The highest BCUT2D eigenvalue weighted by atomic mass is 16.5. The predicted octanol–water partition coefficient (Wildman–Crippen LogP) is 3.25. The topological polar surface area (TPSA) is 87.2 Å². The average molecular weight is 511 g/mol. The van der Waals surface area contributed by atoms with Crippen LogP contribution in [0.3, 0.4) is 0 Å². The number of rotatable bonds is 4. The minimum Gasteiger partial charge on any atom is -0.389 e.